The number of carbonyl (C=O) groups is 2. The van der Waals surface area contributed by atoms with Gasteiger partial charge in [0, 0.05) is 31.6 Å². The maximum atomic E-state index is 12.8. The molecule has 1 aliphatic heterocycles. The fourth-order valence-electron chi connectivity index (χ4n) is 3.50. The maximum Gasteiger partial charge on any atom is 0.227 e. The van der Waals surface area contributed by atoms with Crippen LogP contribution in [0.25, 0.3) is 0 Å². The molecule has 2 amide bonds. The first-order valence-corrected chi connectivity index (χ1v) is 9.91. The number of unbranched alkanes of at least 4 members (excludes halogenated alkanes) is 2. The first-order chi connectivity index (χ1) is 12.5. The fraction of sp³-hybridized carbons (Fsp3) is 0.619. The van der Waals surface area contributed by atoms with Crippen molar-refractivity contribution in [3.63, 3.8) is 0 Å². The Morgan fingerprint density at radius 3 is 2.46 bits per heavy atom. The molecule has 144 valence electrons. The van der Waals surface area contributed by atoms with E-state index >= 15 is 0 Å². The van der Waals surface area contributed by atoms with Crippen molar-refractivity contribution in [1.29, 1.82) is 0 Å². The maximum absolute atomic E-state index is 12.8. The Morgan fingerprint density at radius 1 is 1.19 bits per heavy atom. The van der Waals surface area contributed by atoms with Crippen LogP contribution in [-0.4, -0.2) is 36.3 Å². The normalized spacial score (nSPS) is 17.6. The van der Waals surface area contributed by atoms with Gasteiger partial charge in [-0.2, -0.15) is 0 Å². The summed E-state index contributed by atoms with van der Waals surface area (Å²) in [5.74, 6) is -0.0130. The monoisotopic (exact) mass is 359 g/mol. The van der Waals surface area contributed by atoms with E-state index in [1.165, 1.54) is 0 Å². The van der Waals surface area contributed by atoms with Gasteiger partial charge in [-0.25, -0.2) is 0 Å². The zero-order valence-electron chi connectivity index (χ0n) is 16.1. The molecule has 0 saturated carbocycles. The third-order valence-electron chi connectivity index (χ3n) is 5.37. The molecule has 3 N–H and O–H groups in total. The summed E-state index contributed by atoms with van der Waals surface area (Å²) in [5, 5.41) is 3.03. The van der Waals surface area contributed by atoms with Crippen molar-refractivity contribution in [2.75, 3.05) is 19.6 Å². The van der Waals surface area contributed by atoms with E-state index in [2.05, 4.69) is 12.2 Å². The molecule has 0 spiro atoms. The number of nitrogens with two attached hydrogens (primary N) is 1. The van der Waals surface area contributed by atoms with E-state index in [9.17, 15) is 9.59 Å². The van der Waals surface area contributed by atoms with Crippen LogP contribution in [0.5, 0.6) is 0 Å². The molecule has 1 aromatic carbocycles. The summed E-state index contributed by atoms with van der Waals surface area (Å²) in [7, 11) is 0. The van der Waals surface area contributed by atoms with E-state index in [0.717, 1.165) is 44.2 Å². The number of nitrogens with one attached hydrogen (secondary N) is 1. The summed E-state index contributed by atoms with van der Waals surface area (Å²) in [4.78, 5) is 26.9. The van der Waals surface area contributed by atoms with Gasteiger partial charge in [0.1, 0.15) is 0 Å². The molecule has 5 nitrogen and oxygen atoms in total. The van der Waals surface area contributed by atoms with Gasteiger partial charge in [-0.3, -0.25) is 9.59 Å². The highest BCUT2D eigenvalue weighted by atomic mass is 16.2. The van der Waals surface area contributed by atoms with E-state index in [1.807, 2.05) is 42.2 Å². The summed E-state index contributed by atoms with van der Waals surface area (Å²) < 4.78 is 0. The number of piperidine rings is 1. The average molecular weight is 360 g/mol. The van der Waals surface area contributed by atoms with Gasteiger partial charge >= 0.3 is 0 Å². The highest BCUT2D eigenvalue weighted by molar-refractivity contribution is 5.81. The van der Waals surface area contributed by atoms with Crippen LogP contribution < -0.4 is 11.1 Å². The second kappa shape index (κ2) is 10.3. The topological polar surface area (TPSA) is 75.4 Å². The second-order valence-electron chi connectivity index (χ2n) is 7.32. The quantitative estimate of drug-likeness (QED) is 0.701. The Kier molecular flexibility index (Phi) is 8.10. The number of rotatable bonds is 8. The molecule has 0 aliphatic carbocycles. The molecule has 1 aliphatic rings. The molecule has 1 aromatic rings. The molecular weight excluding hydrogens is 326 g/mol. The van der Waals surface area contributed by atoms with Gasteiger partial charge in [0.25, 0.3) is 0 Å². The molecule has 2 rings (SSSR count). The molecule has 1 heterocycles. The van der Waals surface area contributed by atoms with Crippen molar-refractivity contribution in [1.82, 2.24) is 10.2 Å². The van der Waals surface area contributed by atoms with E-state index in [4.69, 9.17) is 5.73 Å². The number of likely N-dealkylation sites (tertiary alicyclic amines) is 1. The summed E-state index contributed by atoms with van der Waals surface area (Å²) >= 11 is 0. The number of carbonyl (C=O) groups excluding carboxylic acids is 2. The molecule has 1 saturated heterocycles. The Bertz CT molecular complexity index is 568. The Hall–Kier alpha value is -1.88. The molecule has 26 heavy (non-hydrogen) atoms. The van der Waals surface area contributed by atoms with Crippen molar-refractivity contribution in [3.05, 3.63) is 35.9 Å². The van der Waals surface area contributed by atoms with Crippen LogP contribution in [0.15, 0.2) is 30.3 Å². The Balaban J connectivity index is 1.79. The smallest absolute Gasteiger partial charge is 0.227 e. The molecule has 2 atom stereocenters. The van der Waals surface area contributed by atoms with Gasteiger partial charge in [0.15, 0.2) is 0 Å². The minimum atomic E-state index is -0.303. The number of benzene rings is 1. The van der Waals surface area contributed by atoms with Crippen molar-refractivity contribution in [2.24, 2.45) is 17.6 Å². The van der Waals surface area contributed by atoms with Gasteiger partial charge in [-0.05, 0) is 24.8 Å². The molecule has 5 heteroatoms. The van der Waals surface area contributed by atoms with Crippen molar-refractivity contribution in [2.45, 2.75) is 52.0 Å². The first-order valence-electron chi connectivity index (χ1n) is 9.91. The van der Waals surface area contributed by atoms with Crippen LogP contribution in [0.3, 0.4) is 0 Å². The van der Waals surface area contributed by atoms with Crippen LogP contribution >= 0.6 is 0 Å². The van der Waals surface area contributed by atoms with Gasteiger partial charge in [0.05, 0.1) is 5.92 Å². The SMILES string of the molecule is CCCCCNC(=O)C1CCN(C(=O)C(C)C(N)c2ccccc2)CC1. The molecule has 0 bridgehead atoms. The largest absolute Gasteiger partial charge is 0.356 e. The van der Waals surface area contributed by atoms with Gasteiger partial charge in [-0.1, -0.05) is 57.0 Å². The van der Waals surface area contributed by atoms with Gasteiger partial charge in [0.2, 0.25) is 11.8 Å². The number of hydrogen-bond acceptors (Lipinski definition) is 3. The molecule has 0 aromatic heterocycles. The van der Waals surface area contributed by atoms with Crippen LogP contribution in [0.2, 0.25) is 0 Å². The molecule has 2 unspecified atom stereocenters. The number of nitrogens with zero attached hydrogens (tertiary/aromatic N) is 1. The number of hydrogen-bond donors (Lipinski definition) is 2. The first kappa shape index (κ1) is 20.4. The lowest BCUT2D eigenvalue weighted by atomic mass is 9.91. The third kappa shape index (κ3) is 5.56. The van der Waals surface area contributed by atoms with Crippen LogP contribution in [-0.2, 0) is 9.59 Å². The summed E-state index contributed by atoms with van der Waals surface area (Å²) in [6.07, 6.45) is 4.80. The molecule has 0 radical (unpaired) electrons. The standard InChI is InChI=1S/C21H33N3O2/c1-3-4-8-13-23-20(25)18-11-14-24(15-12-18)21(26)16(2)19(22)17-9-6-5-7-10-17/h5-7,9-10,16,18-19H,3-4,8,11-15,22H2,1-2H3,(H,23,25). The number of amides is 2. The minimum absolute atomic E-state index is 0.0266. The lowest BCUT2D eigenvalue weighted by Crippen LogP contribution is -2.46. The van der Waals surface area contributed by atoms with E-state index < -0.39 is 0 Å². The van der Waals surface area contributed by atoms with E-state index in [0.29, 0.717) is 13.1 Å². The highest BCUT2D eigenvalue weighted by Gasteiger charge is 2.31. The Labute approximate surface area is 157 Å². The molecular formula is C21H33N3O2. The summed E-state index contributed by atoms with van der Waals surface area (Å²) in [5.41, 5.74) is 7.27. The minimum Gasteiger partial charge on any atom is -0.356 e. The van der Waals surface area contributed by atoms with Crippen molar-refractivity contribution < 1.29 is 9.59 Å². The highest BCUT2D eigenvalue weighted by Crippen LogP contribution is 2.24. The summed E-state index contributed by atoms with van der Waals surface area (Å²) in [6.45, 7) is 6.08. The molecule has 1 fully saturated rings. The lowest BCUT2D eigenvalue weighted by Gasteiger charge is -2.34. The van der Waals surface area contributed by atoms with Gasteiger partial charge in [-0.15, -0.1) is 0 Å². The zero-order chi connectivity index (χ0) is 18.9. The summed E-state index contributed by atoms with van der Waals surface area (Å²) in [6, 6.07) is 9.45. The van der Waals surface area contributed by atoms with Gasteiger partial charge < -0.3 is 16.0 Å². The van der Waals surface area contributed by atoms with E-state index in [1.54, 1.807) is 0 Å². The van der Waals surface area contributed by atoms with Crippen molar-refractivity contribution >= 4 is 11.8 Å². The second-order valence-corrected chi connectivity index (χ2v) is 7.32. The average Bonchev–Trinajstić information content (AvgIpc) is 2.70. The predicted molar refractivity (Wildman–Crippen MR) is 104 cm³/mol. The van der Waals surface area contributed by atoms with Crippen LogP contribution in [0.4, 0.5) is 0 Å². The lowest BCUT2D eigenvalue weighted by molar-refractivity contribution is -0.139. The zero-order valence-corrected chi connectivity index (χ0v) is 16.1. The van der Waals surface area contributed by atoms with E-state index in [-0.39, 0.29) is 29.7 Å². The Morgan fingerprint density at radius 2 is 1.85 bits per heavy atom. The van der Waals surface area contributed by atoms with Crippen LogP contribution in [0.1, 0.15) is 57.6 Å². The van der Waals surface area contributed by atoms with Crippen LogP contribution in [0, 0.1) is 11.8 Å². The predicted octanol–water partition coefficient (Wildman–Crippen LogP) is 2.87. The fourth-order valence-corrected chi connectivity index (χ4v) is 3.50. The third-order valence-corrected chi connectivity index (χ3v) is 5.37. The van der Waals surface area contributed by atoms with Crippen molar-refractivity contribution in [3.8, 4) is 0 Å².